The van der Waals surface area contributed by atoms with Crippen LogP contribution in [0.1, 0.15) is 30.5 Å². The molecule has 5 heteroatoms. The molecule has 0 spiro atoms. The van der Waals surface area contributed by atoms with Crippen LogP contribution in [0.25, 0.3) is 0 Å². The molecule has 1 N–H and O–H groups in total. The van der Waals surface area contributed by atoms with Crippen molar-refractivity contribution in [2.75, 3.05) is 11.9 Å². The molecule has 0 aliphatic heterocycles. The van der Waals surface area contributed by atoms with Gasteiger partial charge in [0, 0.05) is 0 Å². The zero-order valence-electron chi connectivity index (χ0n) is 11.9. The van der Waals surface area contributed by atoms with Crippen LogP contribution in [0, 0.1) is 0 Å². The van der Waals surface area contributed by atoms with Crippen molar-refractivity contribution < 1.29 is 4.74 Å². The van der Waals surface area contributed by atoms with Gasteiger partial charge in [-0.05, 0) is 24.0 Å². The predicted molar refractivity (Wildman–Crippen MR) is 84.0 cm³/mol. The number of nitrogens with one attached hydrogen (secondary N) is 1. The third-order valence-corrected chi connectivity index (χ3v) is 3.94. The summed E-state index contributed by atoms with van der Waals surface area (Å²) in [6.07, 6.45) is 5.14. The number of hydrogen-bond donors (Lipinski definition) is 1. The molecule has 4 nitrogen and oxygen atoms in total. The smallest absolute Gasteiger partial charge is 0.234 e. The van der Waals surface area contributed by atoms with Crippen LogP contribution in [0.3, 0.4) is 0 Å². The molecule has 1 heterocycles. The van der Waals surface area contributed by atoms with Crippen molar-refractivity contribution in [3.8, 4) is 5.88 Å². The lowest BCUT2D eigenvalue weighted by atomic mass is 10.1. The fourth-order valence-corrected chi connectivity index (χ4v) is 2.93. The lowest BCUT2D eigenvalue weighted by Crippen LogP contribution is -2.17. The Kier molecular flexibility index (Phi) is 4.25. The Morgan fingerprint density at radius 3 is 3.05 bits per heavy atom. The van der Waals surface area contributed by atoms with Gasteiger partial charge in [-0.25, -0.2) is 0 Å². The summed E-state index contributed by atoms with van der Waals surface area (Å²) in [6.45, 7) is 2.70. The van der Waals surface area contributed by atoms with Crippen LogP contribution >= 0.6 is 11.6 Å². The summed E-state index contributed by atoms with van der Waals surface area (Å²) in [5, 5.41) is 3.40. The molecule has 2 unspecified atom stereocenters. The Labute approximate surface area is 129 Å². The first-order valence-electron chi connectivity index (χ1n) is 7.21. The predicted octanol–water partition coefficient (Wildman–Crippen LogP) is 3.58. The second-order valence-electron chi connectivity index (χ2n) is 5.13. The summed E-state index contributed by atoms with van der Waals surface area (Å²) < 4.78 is 5.51. The summed E-state index contributed by atoms with van der Waals surface area (Å²) in [6, 6.07) is 8.37. The highest BCUT2D eigenvalue weighted by atomic mass is 35.5. The molecule has 1 aromatic carbocycles. The van der Waals surface area contributed by atoms with Crippen LogP contribution in [0.5, 0.6) is 5.88 Å². The summed E-state index contributed by atoms with van der Waals surface area (Å²) in [5.74, 6) is 1.23. The molecule has 0 saturated carbocycles. The van der Waals surface area contributed by atoms with Crippen molar-refractivity contribution in [2.24, 2.45) is 0 Å². The van der Waals surface area contributed by atoms with E-state index in [9.17, 15) is 0 Å². The number of anilines is 1. The lowest BCUT2D eigenvalue weighted by molar-refractivity contribution is 0.304. The first kappa shape index (κ1) is 14.1. The second kappa shape index (κ2) is 6.31. The zero-order chi connectivity index (χ0) is 14.7. The normalized spacial score (nSPS) is 20.1. The standard InChI is InChI=1S/C16H18ClN3O/c1-2-7-21-15-10-18-9-14(19-15)20-16-12-6-4-3-5-11(12)8-13(16)17/h3-6,9-10,13,16H,2,7-8H2,1H3,(H,19,20). The maximum absolute atomic E-state index is 6.47. The van der Waals surface area contributed by atoms with Crippen LogP contribution in [0.2, 0.25) is 0 Å². The number of benzene rings is 1. The van der Waals surface area contributed by atoms with E-state index in [1.807, 2.05) is 12.1 Å². The molecular formula is C16H18ClN3O. The van der Waals surface area contributed by atoms with Crippen molar-refractivity contribution in [1.29, 1.82) is 0 Å². The summed E-state index contributed by atoms with van der Waals surface area (Å²) >= 11 is 6.47. The molecule has 21 heavy (non-hydrogen) atoms. The Bertz CT molecular complexity index is 620. The molecule has 0 amide bonds. The average Bonchev–Trinajstić information content (AvgIpc) is 2.82. The number of alkyl halides is 1. The molecule has 2 aromatic rings. The SMILES string of the molecule is CCCOc1cncc(NC2c3ccccc3CC2Cl)n1. The van der Waals surface area contributed by atoms with Crippen molar-refractivity contribution in [2.45, 2.75) is 31.2 Å². The topological polar surface area (TPSA) is 47.0 Å². The first-order chi connectivity index (χ1) is 10.3. The van der Waals surface area contributed by atoms with Gasteiger partial charge in [-0.2, -0.15) is 4.98 Å². The summed E-state index contributed by atoms with van der Waals surface area (Å²) in [7, 11) is 0. The number of hydrogen-bond acceptors (Lipinski definition) is 4. The maximum Gasteiger partial charge on any atom is 0.234 e. The average molecular weight is 304 g/mol. The van der Waals surface area contributed by atoms with Gasteiger partial charge in [-0.3, -0.25) is 4.98 Å². The number of nitrogens with zero attached hydrogens (tertiary/aromatic N) is 2. The third-order valence-electron chi connectivity index (χ3n) is 3.54. The minimum absolute atomic E-state index is 0.0180. The van der Waals surface area contributed by atoms with Crippen molar-refractivity contribution in [1.82, 2.24) is 9.97 Å². The highest BCUT2D eigenvalue weighted by Crippen LogP contribution is 2.36. The molecule has 0 bridgehead atoms. The quantitative estimate of drug-likeness (QED) is 0.858. The Morgan fingerprint density at radius 1 is 1.33 bits per heavy atom. The zero-order valence-corrected chi connectivity index (χ0v) is 12.7. The Hall–Kier alpha value is -1.81. The Morgan fingerprint density at radius 2 is 2.19 bits per heavy atom. The van der Waals surface area contributed by atoms with E-state index in [-0.39, 0.29) is 11.4 Å². The number of halogens is 1. The summed E-state index contributed by atoms with van der Waals surface area (Å²) in [4.78, 5) is 8.59. The van der Waals surface area contributed by atoms with E-state index in [0.29, 0.717) is 18.3 Å². The minimum atomic E-state index is 0.0180. The van der Waals surface area contributed by atoms with Crippen LogP contribution in [0.4, 0.5) is 5.82 Å². The molecule has 0 radical (unpaired) electrons. The first-order valence-corrected chi connectivity index (χ1v) is 7.65. The number of aromatic nitrogens is 2. The van der Waals surface area contributed by atoms with Gasteiger partial charge in [0.1, 0.15) is 5.82 Å². The summed E-state index contributed by atoms with van der Waals surface area (Å²) in [5.41, 5.74) is 2.53. The molecule has 1 aromatic heterocycles. The van der Waals surface area contributed by atoms with E-state index in [0.717, 1.165) is 12.8 Å². The van der Waals surface area contributed by atoms with Gasteiger partial charge in [0.2, 0.25) is 5.88 Å². The van der Waals surface area contributed by atoms with Crippen LogP contribution < -0.4 is 10.1 Å². The van der Waals surface area contributed by atoms with Gasteiger partial charge < -0.3 is 10.1 Å². The number of fused-ring (bicyclic) bond motifs is 1. The van der Waals surface area contributed by atoms with Gasteiger partial charge in [0.25, 0.3) is 0 Å². The van der Waals surface area contributed by atoms with E-state index in [2.05, 4.69) is 34.3 Å². The van der Waals surface area contributed by atoms with Crippen LogP contribution in [0.15, 0.2) is 36.7 Å². The van der Waals surface area contributed by atoms with Gasteiger partial charge in [0.05, 0.1) is 30.4 Å². The van der Waals surface area contributed by atoms with Gasteiger partial charge in [-0.15, -0.1) is 11.6 Å². The third kappa shape index (κ3) is 3.10. The molecule has 3 rings (SSSR count). The van der Waals surface area contributed by atoms with E-state index in [4.69, 9.17) is 16.3 Å². The lowest BCUT2D eigenvalue weighted by Gasteiger charge is -2.18. The molecular weight excluding hydrogens is 286 g/mol. The molecule has 2 atom stereocenters. The highest BCUT2D eigenvalue weighted by Gasteiger charge is 2.30. The van der Waals surface area contributed by atoms with Gasteiger partial charge in [0.15, 0.2) is 0 Å². The molecule has 0 saturated heterocycles. The van der Waals surface area contributed by atoms with Crippen LogP contribution in [-0.4, -0.2) is 22.0 Å². The fraction of sp³-hybridized carbons (Fsp3) is 0.375. The number of rotatable bonds is 5. The van der Waals surface area contributed by atoms with E-state index in [1.54, 1.807) is 12.4 Å². The van der Waals surface area contributed by atoms with Crippen molar-refractivity contribution >= 4 is 17.4 Å². The Balaban J connectivity index is 1.77. The maximum atomic E-state index is 6.47. The minimum Gasteiger partial charge on any atom is -0.477 e. The van der Waals surface area contributed by atoms with Gasteiger partial charge in [-0.1, -0.05) is 31.2 Å². The number of ether oxygens (including phenoxy) is 1. The molecule has 110 valence electrons. The van der Waals surface area contributed by atoms with E-state index < -0.39 is 0 Å². The highest BCUT2D eigenvalue weighted by molar-refractivity contribution is 6.21. The van der Waals surface area contributed by atoms with E-state index >= 15 is 0 Å². The molecule has 1 aliphatic rings. The van der Waals surface area contributed by atoms with Gasteiger partial charge >= 0.3 is 0 Å². The van der Waals surface area contributed by atoms with Crippen molar-refractivity contribution in [3.63, 3.8) is 0 Å². The molecule has 1 aliphatic carbocycles. The molecule has 0 fully saturated rings. The monoisotopic (exact) mass is 303 g/mol. The largest absolute Gasteiger partial charge is 0.477 e. The van der Waals surface area contributed by atoms with Crippen molar-refractivity contribution in [3.05, 3.63) is 47.8 Å². The van der Waals surface area contributed by atoms with Crippen LogP contribution in [-0.2, 0) is 6.42 Å². The second-order valence-corrected chi connectivity index (χ2v) is 5.69. The fourth-order valence-electron chi connectivity index (χ4n) is 2.57. The van der Waals surface area contributed by atoms with E-state index in [1.165, 1.54) is 11.1 Å².